The van der Waals surface area contributed by atoms with Crippen LogP contribution in [-0.4, -0.2) is 19.6 Å². The van der Waals surface area contributed by atoms with Crippen LogP contribution in [0.4, 0.5) is 0 Å². The molecule has 3 atom stereocenters. The van der Waals surface area contributed by atoms with Crippen molar-refractivity contribution in [2.24, 2.45) is 17.8 Å². The third-order valence-corrected chi connectivity index (χ3v) is 5.96. The van der Waals surface area contributed by atoms with Crippen molar-refractivity contribution in [2.45, 2.75) is 19.3 Å². The molecule has 2 bridgehead atoms. The molecule has 1 aromatic rings. The molecule has 1 aromatic carbocycles. The maximum atomic E-state index is 12.4. The molecule has 0 spiro atoms. The maximum absolute atomic E-state index is 12.4. The van der Waals surface area contributed by atoms with Crippen LogP contribution in [0.15, 0.2) is 42.5 Å². The first-order valence-electron chi connectivity index (χ1n) is 6.28. The number of hydrogen-bond acceptors (Lipinski definition) is 1. The van der Waals surface area contributed by atoms with Gasteiger partial charge in [-0.15, -0.1) is 0 Å². The van der Waals surface area contributed by atoms with Crippen LogP contribution in [0.2, 0.25) is 0 Å². The molecule has 2 heteroatoms. The number of carbonyl (C=O) groups is 1. The topological polar surface area (TPSA) is 17.1 Å². The van der Waals surface area contributed by atoms with Crippen LogP contribution >= 0.6 is 0 Å². The Morgan fingerprint density at radius 1 is 1.12 bits per heavy atom. The fourth-order valence-corrected chi connectivity index (χ4v) is 4.87. The molecule has 0 aromatic heterocycles. The molecule has 3 aliphatic rings. The van der Waals surface area contributed by atoms with Crippen LogP contribution in [0.5, 0.6) is 0 Å². The van der Waals surface area contributed by atoms with Crippen molar-refractivity contribution in [3.63, 3.8) is 0 Å². The molecule has 1 nitrogen and oxygen atoms in total. The van der Waals surface area contributed by atoms with Crippen molar-refractivity contribution in [3.8, 4) is 0 Å². The first-order chi connectivity index (χ1) is 8.33. The molecule has 88 valence electrons. The van der Waals surface area contributed by atoms with Gasteiger partial charge in [0.25, 0.3) is 0 Å². The molecule has 0 heterocycles. The molecule has 0 N–H and O–H groups in total. The Labute approximate surface area is 108 Å². The second kappa shape index (κ2) is 4.80. The van der Waals surface area contributed by atoms with Gasteiger partial charge < -0.3 is 0 Å². The van der Waals surface area contributed by atoms with E-state index >= 15 is 0 Å². The summed E-state index contributed by atoms with van der Waals surface area (Å²) in [5.41, 5.74) is 0. The Kier molecular flexibility index (Phi) is 3.17. The first-order valence-corrected chi connectivity index (χ1v) is 7.99. The molecule has 4 rings (SSSR count). The number of hydrogen-bond donors (Lipinski definition) is 0. The molecule has 0 saturated heterocycles. The van der Waals surface area contributed by atoms with Crippen LogP contribution in [0, 0.1) is 17.8 Å². The summed E-state index contributed by atoms with van der Waals surface area (Å²) in [6.07, 6.45) is 8.25. The molecule has 0 radical (unpaired) electrons. The Hall–Kier alpha value is -0.851. The average molecular weight is 291 g/mol. The summed E-state index contributed by atoms with van der Waals surface area (Å²) < 4.78 is 1.72. The molecule has 1 fully saturated rings. The van der Waals surface area contributed by atoms with Gasteiger partial charge >= 0.3 is 108 Å². The minimum absolute atomic E-state index is 0.0112. The minimum atomic E-state index is 0.0112. The molecule has 0 aliphatic heterocycles. The molecule has 3 aliphatic carbocycles. The van der Waals surface area contributed by atoms with Crippen LogP contribution < -0.4 is 4.46 Å². The van der Waals surface area contributed by atoms with Crippen LogP contribution in [-0.2, 0) is 4.79 Å². The van der Waals surface area contributed by atoms with Crippen molar-refractivity contribution < 1.29 is 4.79 Å². The molecule has 0 amide bonds. The second-order valence-corrected chi connectivity index (χ2v) is 7.22. The summed E-state index contributed by atoms with van der Waals surface area (Å²) in [4.78, 5) is 12.4. The zero-order valence-electron chi connectivity index (χ0n) is 9.71. The number of fused-ring (bicyclic) bond motifs is 2. The van der Waals surface area contributed by atoms with E-state index in [9.17, 15) is 4.79 Å². The Morgan fingerprint density at radius 2 is 1.94 bits per heavy atom. The Balaban J connectivity index is 1.70. The van der Waals surface area contributed by atoms with Crippen molar-refractivity contribution in [2.75, 3.05) is 0 Å². The molecule has 3 unspecified atom stereocenters. The van der Waals surface area contributed by atoms with Crippen LogP contribution in [0.3, 0.4) is 0 Å². The van der Waals surface area contributed by atoms with Gasteiger partial charge in [0.15, 0.2) is 0 Å². The second-order valence-electron chi connectivity index (χ2n) is 4.96. The zero-order valence-corrected chi connectivity index (χ0v) is 11.4. The van der Waals surface area contributed by atoms with E-state index < -0.39 is 0 Å². The molecule has 1 saturated carbocycles. The number of carbonyl (C=O) groups excluding carboxylic acids is 1. The van der Waals surface area contributed by atoms with Crippen molar-refractivity contribution >= 4 is 24.1 Å². The molecular formula is C15H16OSe. The van der Waals surface area contributed by atoms with Crippen LogP contribution in [0.25, 0.3) is 0 Å². The van der Waals surface area contributed by atoms with Gasteiger partial charge in [0.1, 0.15) is 0 Å². The van der Waals surface area contributed by atoms with E-state index in [1.807, 2.05) is 18.2 Å². The van der Waals surface area contributed by atoms with Gasteiger partial charge in [0.05, 0.1) is 0 Å². The predicted molar refractivity (Wildman–Crippen MR) is 70.3 cm³/mol. The fourth-order valence-electron chi connectivity index (χ4n) is 2.88. The monoisotopic (exact) mass is 292 g/mol. The summed E-state index contributed by atoms with van der Waals surface area (Å²) in [5.74, 6) is 1.54. The predicted octanol–water partition coefficient (Wildman–Crippen LogP) is 2.14. The standard InChI is InChI=1S/C15H16OSe/c16-15(17-13-4-2-1-3-5-13)14-10-11-6-8-12(14)9-7-11/h1-6,8,11-12,14H,7,9-10H2. The van der Waals surface area contributed by atoms with Gasteiger partial charge in [0.2, 0.25) is 0 Å². The van der Waals surface area contributed by atoms with Crippen LogP contribution in [0.1, 0.15) is 19.3 Å². The fraction of sp³-hybridized carbons (Fsp3) is 0.400. The van der Waals surface area contributed by atoms with Crippen molar-refractivity contribution in [3.05, 3.63) is 42.5 Å². The third kappa shape index (κ3) is 2.38. The van der Waals surface area contributed by atoms with E-state index in [-0.39, 0.29) is 15.0 Å². The van der Waals surface area contributed by atoms with Gasteiger partial charge in [-0.05, 0) is 0 Å². The third-order valence-electron chi connectivity index (χ3n) is 3.84. The zero-order chi connectivity index (χ0) is 11.7. The van der Waals surface area contributed by atoms with Gasteiger partial charge in [-0.2, -0.15) is 0 Å². The molecular weight excluding hydrogens is 275 g/mol. The van der Waals surface area contributed by atoms with E-state index in [0.29, 0.717) is 22.4 Å². The van der Waals surface area contributed by atoms with E-state index in [0.717, 1.165) is 6.42 Å². The van der Waals surface area contributed by atoms with Gasteiger partial charge in [0, 0.05) is 0 Å². The van der Waals surface area contributed by atoms with Crippen molar-refractivity contribution in [1.82, 2.24) is 0 Å². The van der Waals surface area contributed by atoms with E-state index in [2.05, 4.69) is 24.3 Å². The summed E-state index contributed by atoms with van der Waals surface area (Å²) in [7, 11) is 0. The van der Waals surface area contributed by atoms with Gasteiger partial charge in [-0.25, -0.2) is 0 Å². The van der Waals surface area contributed by atoms with Crippen molar-refractivity contribution in [1.29, 1.82) is 0 Å². The molecule has 17 heavy (non-hydrogen) atoms. The average Bonchev–Trinajstić information content (AvgIpc) is 2.41. The first kappa shape index (κ1) is 11.3. The number of rotatable bonds is 3. The quantitative estimate of drug-likeness (QED) is 0.616. The van der Waals surface area contributed by atoms with E-state index in [1.165, 1.54) is 17.3 Å². The Bertz CT molecular complexity index is 437. The summed E-state index contributed by atoms with van der Waals surface area (Å²) in [5, 5.41) is 0. The van der Waals surface area contributed by atoms with E-state index in [4.69, 9.17) is 0 Å². The SMILES string of the molecule is O=C([Se]c1ccccc1)C1CC2C=CC1CC2. The number of allylic oxidation sites excluding steroid dienone is 2. The normalized spacial score (nSPS) is 30.5. The summed E-state index contributed by atoms with van der Waals surface area (Å²) in [6, 6.07) is 10.2. The Morgan fingerprint density at radius 3 is 2.53 bits per heavy atom. The summed E-state index contributed by atoms with van der Waals surface area (Å²) >= 11 is 0.0112. The van der Waals surface area contributed by atoms with Gasteiger partial charge in [-0.3, -0.25) is 0 Å². The van der Waals surface area contributed by atoms with E-state index in [1.54, 1.807) is 0 Å². The summed E-state index contributed by atoms with van der Waals surface area (Å²) in [6.45, 7) is 0. The number of benzene rings is 1. The van der Waals surface area contributed by atoms with Gasteiger partial charge in [-0.1, -0.05) is 0 Å².